The van der Waals surface area contributed by atoms with Crippen LogP contribution in [0.1, 0.15) is 31.7 Å². The highest BCUT2D eigenvalue weighted by atomic mass is 16.1. The highest BCUT2D eigenvalue weighted by molar-refractivity contribution is 5.94. The van der Waals surface area contributed by atoms with Gasteiger partial charge in [-0.05, 0) is 37.6 Å². The fourth-order valence-corrected chi connectivity index (χ4v) is 2.04. The molecule has 2 N–H and O–H groups in total. The Balaban J connectivity index is 2.09. The first-order chi connectivity index (χ1) is 10.2. The normalized spacial score (nSPS) is 10.2. The van der Waals surface area contributed by atoms with E-state index in [2.05, 4.69) is 36.6 Å². The van der Waals surface area contributed by atoms with Crippen LogP contribution in [0.3, 0.4) is 0 Å². The summed E-state index contributed by atoms with van der Waals surface area (Å²) < 4.78 is 0. The van der Waals surface area contributed by atoms with Crippen LogP contribution >= 0.6 is 0 Å². The molecule has 0 atom stereocenters. The predicted octanol–water partition coefficient (Wildman–Crippen LogP) is 4.87. The summed E-state index contributed by atoms with van der Waals surface area (Å²) in [5, 5.41) is 6.32. The molecule has 1 amide bonds. The van der Waals surface area contributed by atoms with Gasteiger partial charge >= 0.3 is 0 Å². The maximum Gasteiger partial charge on any atom is 0.224 e. The van der Waals surface area contributed by atoms with Gasteiger partial charge in [0.1, 0.15) is 0 Å². The van der Waals surface area contributed by atoms with E-state index < -0.39 is 0 Å². The lowest BCUT2D eigenvalue weighted by Crippen LogP contribution is -2.12. The molecular formula is C18H22N2O. The lowest BCUT2D eigenvalue weighted by Gasteiger charge is -2.13. The second kappa shape index (κ2) is 7.48. The molecule has 0 heterocycles. The standard InChI is InChI=1S/C18H22N2O/c1-3-4-9-18(21)20-17-8-6-5-7-16(17)19-15-12-10-14(2)11-13-15/h5-8,10-13,19H,3-4,9H2,1-2H3,(H,20,21). The van der Waals surface area contributed by atoms with Gasteiger partial charge in [-0.15, -0.1) is 0 Å². The summed E-state index contributed by atoms with van der Waals surface area (Å²) in [7, 11) is 0. The molecule has 3 heteroatoms. The highest BCUT2D eigenvalue weighted by Crippen LogP contribution is 2.25. The van der Waals surface area contributed by atoms with Gasteiger partial charge < -0.3 is 10.6 Å². The first-order valence-corrected chi connectivity index (χ1v) is 7.41. The van der Waals surface area contributed by atoms with Crippen molar-refractivity contribution in [3.8, 4) is 0 Å². The van der Waals surface area contributed by atoms with Crippen molar-refractivity contribution in [2.75, 3.05) is 10.6 Å². The summed E-state index contributed by atoms with van der Waals surface area (Å²) >= 11 is 0. The average Bonchev–Trinajstić information content (AvgIpc) is 2.49. The zero-order valence-electron chi connectivity index (χ0n) is 12.6. The zero-order valence-corrected chi connectivity index (χ0v) is 12.6. The van der Waals surface area contributed by atoms with Crippen LogP contribution in [0.15, 0.2) is 48.5 Å². The Kier molecular flexibility index (Phi) is 5.38. The number of amides is 1. The number of carbonyl (C=O) groups is 1. The summed E-state index contributed by atoms with van der Waals surface area (Å²) in [6, 6.07) is 16.0. The Bertz CT molecular complexity index is 590. The molecular weight excluding hydrogens is 260 g/mol. The van der Waals surface area contributed by atoms with Gasteiger partial charge in [-0.1, -0.05) is 43.2 Å². The summed E-state index contributed by atoms with van der Waals surface area (Å²) in [4.78, 5) is 11.9. The van der Waals surface area contributed by atoms with Crippen LogP contribution in [-0.4, -0.2) is 5.91 Å². The maximum absolute atomic E-state index is 11.9. The molecule has 0 unspecified atom stereocenters. The molecule has 0 aliphatic rings. The minimum atomic E-state index is 0.0648. The lowest BCUT2D eigenvalue weighted by molar-refractivity contribution is -0.116. The number of hydrogen-bond acceptors (Lipinski definition) is 2. The molecule has 2 aromatic carbocycles. The average molecular weight is 282 g/mol. The van der Waals surface area contributed by atoms with Gasteiger partial charge in [0.15, 0.2) is 0 Å². The Morgan fingerprint density at radius 2 is 1.67 bits per heavy atom. The molecule has 0 aliphatic heterocycles. The quantitative estimate of drug-likeness (QED) is 0.793. The van der Waals surface area contributed by atoms with Crippen LogP contribution in [0.2, 0.25) is 0 Å². The van der Waals surface area contributed by atoms with Crippen molar-refractivity contribution >= 4 is 23.0 Å². The van der Waals surface area contributed by atoms with E-state index in [9.17, 15) is 4.79 Å². The van der Waals surface area contributed by atoms with E-state index in [0.717, 1.165) is 29.9 Å². The molecule has 0 spiro atoms. The van der Waals surface area contributed by atoms with Gasteiger partial charge in [0.25, 0.3) is 0 Å². The van der Waals surface area contributed by atoms with Crippen LogP contribution < -0.4 is 10.6 Å². The molecule has 0 radical (unpaired) electrons. The second-order valence-electron chi connectivity index (χ2n) is 5.19. The zero-order chi connectivity index (χ0) is 15.1. The van der Waals surface area contributed by atoms with E-state index in [-0.39, 0.29) is 5.91 Å². The number of nitrogens with one attached hydrogen (secondary N) is 2. The van der Waals surface area contributed by atoms with Crippen LogP contribution in [0.5, 0.6) is 0 Å². The number of unbranched alkanes of at least 4 members (excludes halogenated alkanes) is 1. The van der Waals surface area contributed by atoms with E-state index in [1.165, 1.54) is 5.56 Å². The van der Waals surface area contributed by atoms with Gasteiger partial charge in [0, 0.05) is 12.1 Å². The monoisotopic (exact) mass is 282 g/mol. The smallest absolute Gasteiger partial charge is 0.224 e. The van der Waals surface area contributed by atoms with Gasteiger partial charge in [-0.25, -0.2) is 0 Å². The van der Waals surface area contributed by atoms with Gasteiger partial charge in [-0.2, -0.15) is 0 Å². The van der Waals surface area contributed by atoms with E-state index in [1.807, 2.05) is 36.4 Å². The third-order valence-electron chi connectivity index (χ3n) is 3.29. The Hall–Kier alpha value is -2.29. The number of para-hydroxylation sites is 2. The molecule has 0 aromatic heterocycles. The molecule has 0 fully saturated rings. The molecule has 0 aliphatic carbocycles. The maximum atomic E-state index is 11.9. The molecule has 0 saturated carbocycles. The van der Waals surface area contributed by atoms with Crippen molar-refractivity contribution in [2.45, 2.75) is 33.1 Å². The van der Waals surface area contributed by atoms with Crippen molar-refractivity contribution in [3.05, 3.63) is 54.1 Å². The largest absolute Gasteiger partial charge is 0.354 e. The lowest BCUT2D eigenvalue weighted by atomic mass is 10.2. The fourth-order valence-electron chi connectivity index (χ4n) is 2.04. The van der Waals surface area contributed by atoms with Crippen LogP contribution in [0.4, 0.5) is 17.1 Å². The number of carbonyl (C=O) groups excluding carboxylic acids is 1. The summed E-state index contributed by atoms with van der Waals surface area (Å²) in [5.74, 6) is 0.0648. The van der Waals surface area contributed by atoms with E-state index in [4.69, 9.17) is 0 Å². The van der Waals surface area contributed by atoms with Crippen LogP contribution in [0.25, 0.3) is 0 Å². The first-order valence-electron chi connectivity index (χ1n) is 7.41. The van der Waals surface area contributed by atoms with Crippen molar-refractivity contribution in [1.29, 1.82) is 0 Å². The number of hydrogen-bond donors (Lipinski definition) is 2. The summed E-state index contributed by atoms with van der Waals surface area (Å²) in [6.07, 6.45) is 2.51. The van der Waals surface area contributed by atoms with Crippen molar-refractivity contribution in [3.63, 3.8) is 0 Å². The third kappa shape index (κ3) is 4.63. The number of anilines is 3. The minimum absolute atomic E-state index is 0.0648. The predicted molar refractivity (Wildman–Crippen MR) is 89.1 cm³/mol. The Labute approximate surface area is 126 Å². The van der Waals surface area contributed by atoms with Gasteiger partial charge in [0.2, 0.25) is 5.91 Å². The van der Waals surface area contributed by atoms with Crippen molar-refractivity contribution < 1.29 is 4.79 Å². The fraction of sp³-hybridized carbons (Fsp3) is 0.278. The topological polar surface area (TPSA) is 41.1 Å². The van der Waals surface area contributed by atoms with Gasteiger partial charge in [-0.3, -0.25) is 4.79 Å². The number of rotatable bonds is 6. The second-order valence-corrected chi connectivity index (χ2v) is 5.19. The molecule has 21 heavy (non-hydrogen) atoms. The Morgan fingerprint density at radius 1 is 1.00 bits per heavy atom. The van der Waals surface area contributed by atoms with E-state index in [0.29, 0.717) is 6.42 Å². The molecule has 0 saturated heterocycles. The molecule has 2 aromatic rings. The van der Waals surface area contributed by atoms with E-state index >= 15 is 0 Å². The SMILES string of the molecule is CCCCC(=O)Nc1ccccc1Nc1ccc(C)cc1. The van der Waals surface area contributed by atoms with Crippen molar-refractivity contribution in [2.24, 2.45) is 0 Å². The Morgan fingerprint density at radius 3 is 2.33 bits per heavy atom. The van der Waals surface area contributed by atoms with Crippen LogP contribution in [0, 0.1) is 6.92 Å². The third-order valence-corrected chi connectivity index (χ3v) is 3.29. The molecule has 2 rings (SSSR count). The van der Waals surface area contributed by atoms with Gasteiger partial charge in [0.05, 0.1) is 11.4 Å². The first kappa shape index (κ1) is 15.1. The number of aryl methyl sites for hydroxylation is 1. The molecule has 0 bridgehead atoms. The summed E-state index contributed by atoms with van der Waals surface area (Å²) in [6.45, 7) is 4.14. The summed E-state index contributed by atoms with van der Waals surface area (Å²) in [5.41, 5.74) is 3.96. The van der Waals surface area contributed by atoms with E-state index in [1.54, 1.807) is 0 Å². The molecule has 3 nitrogen and oxygen atoms in total. The van der Waals surface area contributed by atoms with Crippen molar-refractivity contribution in [1.82, 2.24) is 0 Å². The minimum Gasteiger partial charge on any atom is -0.354 e. The highest BCUT2D eigenvalue weighted by Gasteiger charge is 2.06. The number of benzene rings is 2. The molecule has 110 valence electrons. The van der Waals surface area contributed by atoms with Crippen LogP contribution in [-0.2, 0) is 4.79 Å².